The van der Waals surface area contributed by atoms with Crippen LogP contribution in [0.4, 0.5) is 13.8 Å². The first-order valence-corrected chi connectivity index (χ1v) is 12.9. The van der Waals surface area contributed by atoms with Crippen LogP contribution >= 0.6 is 11.3 Å². The highest BCUT2D eigenvalue weighted by Crippen LogP contribution is 2.37. The van der Waals surface area contributed by atoms with Gasteiger partial charge in [-0.05, 0) is 48.6 Å². The van der Waals surface area contributed by atoms with E-state index in [0.717, 1.165) is 22.1 Å². The number of anilines is 1. The van der Waals surface area contributed by atoms with Crippen LogP contribution in [0, 0.1) is 23.0 Å². The van der Waals surface area contributed by atoms with E-state index in [1.807, 2.05) is 0 Å². The zero-order valence-electron chi connectivity index (χ0n) is 18.1. The number of allylic oxidation sites excluding steroid dienone is 3. The number of sulfonamides is 1. The number of rotatable bonds is 6. The fraction of sp³-hybridized carbons (Fsp3) is 0.304. The van der Waals surface area contributed by atoms with Crippen LogP contribution < -0.4 is 10.5 Å². The molecule has 7 nitrogen and oxygen atoms in total. The average molecular weight is 505 g/mol. The molecule has 2 aromatic rings. The molecule has 34 heavy (non-hydrogen) atoms. The van der Waals surface area contributed by atoms with Crippen molar-refractivity contribution < 1.29 is 22.0 Å². The van der Waals surface area contributed by atoms with Gasteiger partial charge in [-0.3, -0.25) is 9.69 Å². The van der Waals surface area contributed by atoms with Gasteiger partial charge in [-0.2, -0.15) is 5.26 Å². The second kappa shape index (κ2) is 9.76. The van der Waals surface area contributed by atoms with Crippen molar-refractivity contribution in [2.24, 2.45) is 5.14 Å². The van der Waals surface area contributed by atoms with Gasteiger partial charge >= 0.3 is 0 Å². The summed E-state index contributed by atoms with van der Waals surface area (Å²) in [4.78, 5) is 15.8. The van der Waals surface area contributed by atoms with E-state index in [-0.39, 0.29) is 23.7 Å². The van der Waals surface area contributed by atoms with E-state index in [1.54, 1.807) is 12.1 Å². The molecule has 1 aliphatic carbocycles. The molecule has 0 bridgehead atoms. The summed E-state index contributed by atoms with van der Waals surface area (Å²) in [5.74, 6) is -2.05. The third kappa shape index (κ3) is 5.42. The van der Waals surface area contributed by atoms with E-state index >= 15 is 0 Å². The van der Waals surface area contributed by atoms with Crippen LogP contribution in [-0.4, -0.2) is 25.8 Å². The number of hydrogen-bond donors (Lipinski definition) is 2. The van der Waals surface area contributed by atoms with Crippen LogP contribution in [0.3, 0.4) is 0 Å². The molecule has 0 fully saturated rings. The summed E-state index contributed by atoms with van der Waals surface area (Å²) in [6.07, 6.45) is 4.39. The van der Waals surface area contributed by atoms with Gasteiger partial charge in [0, 0.05) is 30.9 Å². The third-order valence-electron chi connectivity index (χ3n) is 5.84. The molecule has 0 saturated heterocycles. The molecule has 0 spiro atoms. The molecule has 0 atom stereocenters. The molecule has 0 unspecified atom stereocenters. The fourth-order valence-electron chi connectivity index (χ4n) is 4.12. The van der Waals surface area contributed by atoms with Crippen LogP contribution in [0.15, 0.2) is 40.8 Å². The Morgan fingerprint density at radius 3 is 2.65 bits per heavy atom. The van der Waals surface area contributed by atoms with Gasteiger partial charge in [-0.15, -0.1) is 11.3 Å². The van der Waals surface area contributed by atoms with Crippen molar-refractivity contribution >= 4 is 32.3 Å². The van der Waals surface area contributed by atoms with Crippen molar-refractivity contribution in [1.29, 1.82) is 5.26 Å². The molecule has 2 aliphatic rings. The van der Waals surface area contributed by atoms with Crippen molar-refractivity contribution in [3.63, 3.8) is 0 Å². The quantitative estimate of drug-likeness (QED) is 0.623. The molecular weight excluding hydrogens is 482 g/mol. The standard InChI is InChI=1S/C23H22F2N4O3S2/c24-19-6-3-15(9-20(19)25)12-29-8-7-17-18(11-26)23(33-21(17)13-29)28-22(30)10-14-1-4-16(5-2-14)34(27,31)32/h1,3-4,6,9H,2,5,7-8,10,12-13H2,(H,28,30)(H2,27,31,32). The smallest absolute Gasteiger partial charge is 0.234 e. The number of nitrogens with two attached hydrogens (primary N) is 1. The van der Waals surface area contributed by atoms with Gasteiger partial charge in [-0.25, -0.2) is 22.3 Å². The molecule has 2 heterocycles. The Balaban J connectivity index is 1.43. The first kappa shape index (κ1) is 24.2. The van der Waals surface area contributed by atoms with E-state index < -0.39 is 21.7 Å². The van der Waals surface area contributed by atoms with Crippen molar-refractivity contribution in [3.8, 4) is 6.07 Å². The van der Waals surface area contributed by atoms with E-state index in [9.17, 15) is 27.3 Å². The number of thiophene rings is 1. The molecule has 0 saturated carbocycles. The van der Waals surface area contributed by atoms with Gasteiger partial charge in [0.2, 0.25) is 15.9 Å². The predicted octanol–water partition coefficient (Wildman–Crippen LogP) is 3.68. The number of benzene rings is 1. The number of nitrogens with zero attached hydrogens (tertiary/aromatic N) is 2. The molecule has 1 aromatic heterocycles. The van der Waals surface area contributed by atoms with E-state index in [4.69, 9.17) is 5.14 Å². The predicted molar refractivity (Wildman–Crippen MR) is 125 cm³/mol. The van der Waals surface area contributed by atoms with Crippen LogP contribution in [0.25, 0.3) is 0 Å². The highest BCUT2D eigenvalue weighted by atomic mass is 32.2. The normalized spacial score (nSPS) is 16.3. The molecular formula is C23H22F2N4O3S2. The highest BCUT2D eigenvalue weighted by molar-refractivity contribution is 7.93. The molecule has 1 aromatic carbocycles. The van der Waals surface area contributed by atoms with Gasteiger partial charge in [0.25, 0.3) is 0 Å². The molecule has 4 rings (SSSR count). The summed E-state index contributed by atoms with van der Waals surface area (Å²) >= 11 is 1.34. The molecule has 3 N–H and O–H groups in total. The lowest BCUT2D eigenvalue weighted by Crippen LogP contribution is -2.29. The van der Waals surface area contributed by atoms with Gasteiger partial charge in [0.05, 0.1) is 10.5 Å². The van der Waals surface area contributed by atoms with Crippen LogP contribution in [0.1, 0.15) is 40.8 Å². The van der Waals surface area contributed by atoms with Crippen molar-refractivity contribution in [3.05, 3.63) is 74.0 Å². The van der Waals surface area contributed by atoms with Crippen LogP contribution in [0.5, 0.6) is 0 Å². The number of carbonyl (C=O) groups is 1. The number of primary sulfonamides is 1. The second-order valence-corrected chi connectivity index (χ2v) is 11.0. The Morgan fingerprint density at radius 2 is 2.00 bits per heavy atom. The molecule has 0 radical (unpaired) electrons. The van der Waals surface area contributed by atoms with E-state index in [2.05, 4.69) is 16.3 Å². The van der Waals surface area contributed by atoms with Crippen molar-refractivity contribution in [2.75, 3.05) is 11.9 Å². The largest absolute Gasteiger partial charge is 0.316 e. The summed E-state index contributed by atoms with van der Waals surface area (Å²) in [5, 5.41) is 18.1. The zero-order chi connectivity index (χ0) is 24.5. The lowest BCUT2D eigenvalue weighted by molar-refractivity contribution is -0.115. The minimum Gasteiger partial charge on any atom is -0.316 e. The number of halogens is 2. The summed E-state index contributed by atoms with van der Waals surface area (Å²) < 4.78 is 49.5. The Hall–Kier alpha value is -2.91. The average Bonchev–Trinajstić information content (AvgIpc) is 3.12. The zero-order valence-corrected chi connectivity index (χ0v) is 19.7. The lowest BCUT2D eigenvalue weighted by Gasteiger charge is -2.26. The van der Waals surface area contributed by atoms with Crippen LogP contribution in [0.2, 0.25) is 0 Å². The maximum absolute atomic E-state index is 13.5. The SMILES string of the molecule is N#Cc1c(NC(=O)CC2=CC=C(S(N)(=O)=O)CC2)sc2c1CCN(Cc1ccc(F)c(F)c1)C2. The molecule has 1 aliphatic heterocycles. The summed E-state index contributed by atoms with van der Waals surface area (Å²) in [7, 11) is -3.72. The van der Waals surface area contributed by atoms with Crippen LogP contribution in [-0.2, 0) is 34.3 Å². The maximum atomic E-state index is 13.5. The summed E-state index contributed by atoms with van der Waals surface area (Å²) in [5.41, 5.74) is 2.80. The van der Waals surface area contributed by atoms with E-state index in [0.29, 0.717) is 48.6 Å². The van der Waals surface area contributed by atoms with Crippen molar-refractivity contribution in [2.45, 2.75) is 38.8 Å². The number of amides is 1. The van der Waals surface area contributed by atoms with Crippen molar-refractivity contribution in [1.82, 2.24) is 4.90 Å². The van der Waals surface area contributed by atoms with Gasteiger partial charge in [0.15, 0.2) is 11.6 Å². The Labute approximate surface area is 200 Å². The second-order valence-electron chi connectivity index (χ2n) is 8.26. The number of fused-ring (bicyclic) bond motifs is 1. The Kier molecular flexibility index (Phi) is 6.95. The number of nitriles is 1. The first-order valence-electron chi connectivity index (χ1n) is 10.6. The highest BCUT2D eigenvalue weighted by Gasteiger charge is 2.26. The van der Waals surface area contributed by atoms with Gasteiger partial charge in [0.1, 0.15) is 11.1 Å². The number of carbonyl (C=O) groups excluding carboxylic acids is 1. The topological polar surface area (TPSA) is 116 Å². The minimum absolute atomic E-state index is 0.0874. The maximum Gasteiger partial charge on any atom is 0.234 e. The lowest BCUT2D eigenvalue weighted by atomic mass is 10.0. The van der Waals surface area contributed by atoms with Gasteiger partial charge < -0.3 is 5.32 Å². The Morgan fingerprint density at radius 1 is 1.21 bits per heavy atom. The summed E-state index contributed by atoms with van der Waals surface area (Å²) in [6.45, 7) is 1.63. The number of nitrogens with one attached hydrogen (secondary N) is 1. The third-order valence-corrected chi connectivity index (χ3v) is 8.04. The van der Waals surface area contributed by atoms with Gasteiger partial charge in [-0.1, -0.05) is 17.7 Å². The number of hydrogen-bond acceptors (Lipinski definition) is 6. The van der Waals surface area contributed by atoms with E-state index in [1.165, 1.54) is 23.5 Å². The fourth-order valence-corrected chi connectivity index (χ4v) is 6.02. The minimum atomic E-state index is -3.72. The Bertz CT molecular complexity index is 1360. The first-order chi connectivity index (χ1) is 16.1. The molecule has 178 valence electrons. The monoisotopic (exact) mass is 504 g/mol. The molecule has 11 heteroatoms. The molecule has 1 amide bonds. The summed E-state index contributed by atoms with van der Waals surface area (Å²) in [6, 6.07) is 6.04.